The zero-order chi connectivity index (χ0) is 31.5. The lowest BCUT2D eigenvalue weighted by Crippen LogP contribution is -2.46. The van der Waals surface area contributed by atoms with E-state index >= 15 is 0 Å². The number of nitrogen functional groups attached to an aromatic ring is 1. The van der Waals surface area contributed by atoms with E-state index in [0.29, 0.717) is 43.7 Å². The second-order valence-electron chi connectivity index (χ2n) is 10.9. The van der Waals surface area contributed by atoms with Crippen LogP contribution in [0, 0.1) is 0 Å². The van der Waals surface area contributed by atoms with Gasteiger partial charge in [0, 0.05) is 13.1 Å². The number of nitrogens with one attached hydrogen (secondary N) is 2. The summed E-state index contributed by atoms with van der Waals surface area (Å²) in [6, 6.07) is 7.31. The number of hydrogen-bond acceptors (Lipinski definition) is 10. The van der Waals surface area contributed by atoms with Crippen molar-refractivity contribution in [3.05, 3.63) is 45.9 Å². The first-order chi connectivity index (χ1) is 20.6. The van der Waals surface area contributed by atoms with Gasteiger partial charge < -0.3 is 25.5 Å². The van der Waals surface area contributed by atoms with Crippen LogP contribution in [0.4, 0.5) is 5.82 Å². The number of unbranched alkanes of at least 4 members (excludes halogenated alkanes) is 1. The van der Waals surface area contributed by atoms with Crippen LogP contribution >= 0.6 is 0 Å². The monoisotopic (exact) mass is 598 g/mol. The molecule has 0 radical (unpaired) electrons. The van der Waals surface area contributed by atoms with Crippen molar-refractivity contribution in [2.75, 3.05) is 47.1 Å². The predicted octanol–water partition coefficient (Wildman–Crippen LogP) is 2.46. The number of aromatic nitrogens is 4. The second kappa shape index (κ2) is 16.0. The van der Waals surface area contributed by atoms with Crippen molar-refractivity contribution in [2.45, 2.75) is 71.1 Å². The molecule has 2 unspecified atom stereocenters. The Balaban J connectivity index is 1.71. The average Bonchev–Trinajstić information content (AvgIpc) is 3.31. The van der Waals surface area contributed by atoms with Crippen LogP contribution in [0.15, 0.2) is 29.1 Å². The van der Waals surface area contributed by atoms with Gasteiger partial charge in [0.15, 0.2) is 11.5 Å². The van der Waals surface area contributed by atoms with Crippen LogP contribution in [0.25, 0.3) is 11.2 Å². The predicted molar refractivity (Wildman–Crippen MR) is 166 cm³/mol. The number of H-pyrrole nitrogens is 1. The third-order valence-electron chi connectivity index (χ3n) is 7.40. The molecule has 3 rings (SSSR count). The standard InChI is InChI=1S/C30H46N8O5/c1-7-9-17-43-29-34-26(31)25-27(35-29)38(30(41)33-25)23(36(3)4)15-16-37(5)22(10-8-2)28(40)32-19-21-13-11-20(12-14-21)18-24(39)42-6/h11-14,22-23H,7-10,15-19H2,1-6H3,(H,32,40)(H,33,41)(H2,31,34,35). The summed E-state index contributed by atoms with van der Waals surface area (Å²) in [5, 5.41) is 3.05. The molecule has 3 aromatic rings. The number of imidazole rings is 1. The molecule has 1 amide bonds. The first-order valence-corrected chi connectivity index (χ1v) is 14.8. The molecule has 2 atom stereocenters. The smallest absolute Gasteiger partial charge is 0.329 e. The topological polar surface area (TPSA) is 161 Å². The molecule has 0 aliphatic carbocycles. The Labute approximate surface area is 252 Å². The molecule has 0 saturated heterocycles. The molecule has 43 heavy (non-hydrogen) atoms. The number of aromatic amines is 1. The molecule has 13 nitrogen and oxygen atoms in total. The third kappa shape index (κ3) is 9.01. The fourth-order valence-corrected chi connectivity index (χ4v) is 4.89. The van der Waals surface area contributed by atoms with E-state index in [1.54, 1.807) is 4.57 Å². The maximum absolute atomic E-state index is 13.3. The highest BCUT2D eigenvalue weighted by Gasteiger charge is 2.26. The van der Waals surface area contributed by atoms with Crippen molar-refractivity contribution >= 4 is 28.9 Å². The second-order valence-corrected chi connectivity index (χ2v) is 10.9. The molecule has 0 fully saturated rings. The van der Waals surface area contributed by atoms with E-state index in [2.05, 4.69) is 27.2 Å². The Morgan fingerprint density at radius 1 is 1.07 bits per heavy atom. The summed E-state index contributed by atoms with van der Waals surface area (Å²) in [5.41, 5.74) is 8.35. The SMILES string of the molecule is CCCCOc1nc(N)c2[nH]c(=O)n(C(CCN(C)C(CCC)C(=O)NCc3ccc(CC(=O)OC)cc3)N(C)C)c2n1. The van der Waals surface area contributed by atoms with Gasteiger partial charge in [-0.15, -0.1) is 0 Å². The highest BCUT2D eigenvalue weighted by molar-refractivity contribution is 5.82. The Kier molecular flexibility index (Phi) is 12.5. The van der Waals surface area contributed by atoms with Crippen LogP contribution in [0.5, 0.6) is 6.01 Å². The molecule has 0 bridgehead atoms. The van der Waals surface area contributed by atoms with Gasteiger partial charge in [0.2, 0.25) is 5.91 Å². The van der Waals surface area contributed by atoms with Crippen LogP contribution in [-0.4, -0.2) is 88.6 Å². The van der Waals surface area contributed by atoms with Gasteiger partial charge in [-0.25, -0.2) is 4.79 Å². The Morgan fingerprint density at radius 3 is 2.40 bits per heavy atom. The van der Waals surface area contributed by atoms with Gasteiger partial charge in [0.25, 0.3) is 0 Å². The number of amides is 1. The summed E-state index contributed by atoms with van der Waals surface area (Å²) < 4.78 is 12.0. The number of carbonyl (C=O) groups excluding carboxylic acids is 2. The van der Waals surface area contributed by atoms with E-state index in [1.165, 1.54) is 7.11 Å². The van der Waals surface area contributed by atoms with E-state index in [0.717, 1.165) is 30.4 Å². The Hall–Kier alpha value is -3.97. The minimum absolute atomic E-state index is 0.0666. The first-order valence-electron chi connectivity index (χ1n) is 14.8. The molecule has 2 heterocycles. The summed E-state index contributed by atoms with van der Waals surface area (Å²) in [5.74, 6) is -0.209. The number of likely N-dealkylation sites (N-methyl/N-ethyl adjacent to an activating group) is 1. The zero-order valence-corrected chi connectivity index (χ0v) is 26.2. The minimum Gasteiger partial charge on any atom is -0.469 e. The Bertz CT molecular complexity index is 1400. The van der Waals surface area contributed by atoms with E-state index in [4.69, 9.17) is 15.2 Å². The van der Waals surface area contributed by atoms with E-state index in [1.807, 2.05) is 62.1 Å². The number of hydrogen-bond donors (Lipinski definition) is 3. The number of esters is 1. The quantitative estimate of drug-likeness (QED) is 0.156. The average molecular weight is 599 g/mol. The molecule has 0 aliphatic heterocycles. The lowest BCUT2D eigenvalue weighted by atomic mass is 10.1. The molecular weight excluding hydrogens is 552 g/mol. The number of carbonyl (C=O) groups is 2. The maximum Gasteiger partial charge on any atom is 0.329 e. The number of benzene rings is 1. The van der Waals surface area contributed by atoms with Crippen molar-refractivity contribution in [2.24, 2.45) is 0 Å². The largest absolute Gasteiger partial charge is 0.469 e. The van der Waals surface area contributed by atoms with E-state index < -0.39 is 0 Å². The summed E-state index contributed by atoms with van der Waals surface area (Å²) in [6.07, 6.45) is 3.72. The van der Waals surface area contributed by atoms with Crippen LogP contribution in [0.1, 0.15) is 63.2 Å². The lowest BCUT2D eigenvalue weighted by Gasteiger charge is -2.31. The first kappa shape index (κ1) is 33.5. The van der Waals surface area contributed by atoms with Gasteiger partial charge >= 0.3 is 17.7 Å². The summed E-state index contributed by atoms with van der Waals surface area (Å²) in [4.78, 5) is 53.4. The molecule has 236 valence electrons. The summed E-state index contributed by atoms with van der Waals surface area (Å²) >= 11 is 0. The number of anilines is 1. The van der Waals surface area contributed by atoms with Gasteiger partial charge in [-0.05, 0) is 51.5 Å². The van der Waals surface area contributed by atoms with Crippen molar-refractivity contribution in [3.63, 3.8) is 0 Å². The fourth-order valence-electron chi connectivity index (χ4n) is 4.89. The fraction of sp³-hybridized carbons (Fsp3) is 0.567. The summed E-state index contributed by atoms with van der Waals surface area (Å²) in [6.45, 7) is 5.49. The highest BCUT2D eigenvalue weighted by atomic mass is 16.5. The molecule has 0 aliphatic rings. The molecule has 0 spiro atoms. The van der Waals surface area contributed by atoms with Crippen molar-refractivity contribution < 1.29 is 19.1 Å². The van der Waals surface area contributed by atoms with Gasteiger partial charge in [-0.3, -0.25) is 24.0 Å². The van der Waals surface area contributed by atoms with Crippen molar-refractivity contribution in [3.8, 4) is 6.01 Å². The van der Waals surface area contributed by atoms with Gasteiger partial charge in [-0.1, -0.05) is 51.0 Å². The molecule has 4 N–H and O–H groups in total. The number of rotatable bonds is 17. The van der Waals surface area contributed by atoms with Crippen LogP contribution in [-0.2, 0) is 27.3 Å². The summed E-state index contributed by atoms with van der Waals surface area (Å²) in [7, 11) is 7.08. The molecule has 13 heteroatoms. The van der Waals surface area contributed by atoms with Gasteiger partial charge in [-0.2, -0.15) is 9.97 Å². The minimum atomic E-state index is -0.365. The maximum atomic E-state index is 13.3. The number of nitrogens with two attached hydrogens (primary N) is 1. The van der Waals surface area contributed by atoms with Crippen LogP contribution in [0.3, 0.4) is 0 Å². The van der Waals surface area contributed by atoms with Crippen molar-refractivity contribution in [1.29, 1.82) is 0 Å². The van der Waals surface area contributed by atoms with Crippen LogP contribution in [0.2, 0.25) is 0 Å². The van der Waals surface area contributed by atoms with Gasteiger partial charge in [0.1, 0.15) is 5.52 Å². The highest BCUT2D eigenvalue weighted by Crippen LogP contribution is 2.23. The molecule has 2 aromatic heterocycles. The number of fused-ring (bicyclic) bond motifs is 1. The number of nitrogens with zero attached hydrogens (tertiary/aromatic N) is 5. The third-order valence-corrected chi connectivity index (χ3v) is 7.40. The van der Waals surface area contributed by atoms with E-state index in [9.17, 15) is 14.4 Å². The number of ether oxygens (including phenoxy) is 2. The van der Waals surface area contributed by atoms with Crippen LogP contribution < -0.4 is 21.5 Å². The molecular formula is C30H46N8O5. The van der Waals surface area contributed by atoms with Gasteiger partial charge in [0.05, 0.1) is 32.3 Å². The Morgan fingerprint density at radius 2 is 1.77 bits per heavy atom. The molecule has 0 saturated carbocycles. The number of methoxy groups -OCH3 is 1. The van der Waals surface area contributed by atoms with Crippen molar-refractivity contribution in [1.82, 2.24) is 34.6 Å². The molecule has 1 aromatic carbocycles. The zero-order valence-electron chi connectivity index (χ0n) is 26.2. The normalized spacial score (nSPS) is 12.9. The van der Waals surface area contributed by atoms with E-state index in [-0.39, 0.29) is 48.0 Å². The lowest BCUT2D eigenvalue weighted by molar-refractivity contribution is -0.139.